The first-order valence-electron chi connectivity index (χ1n) is 8.97. The number of carbonyl (C=O) groups is 2. The number of hydrazine groups is 1. The molecular weight excluding hydrogens is 383 g/mol. The third-order valence-electron chi connectivity index (χ3n) is 4.84. The number of hydrogen-bond acceptors (Lipinski definition) is 3. The van der Waals surface area contributed by atoms with Crippen LogP contribution in [-0.2, 0) is 17.4 Å². The van der Waals surface area contributed by atoms with Gasteiger partial charge in [0.2, 0.25) is 5.91 Å². The Kier molecular flexibility index (Phi) is 5.59. The number of amides is 2. The van der Waals surface area contributed by atoms with Crippen molar-refractivity contribution in [2.24, 2.45) is 5.41 Å². The lowest BCUT2D eigenvalue weighted by molar-refractivity contribution is -0.137. The van der Waals surface area contributed by atoms with Gasteiger partial charge in [0.1, 0.15) is 0 Å². The highest BCUT2D eigenvalue weighted by atomic mass is 19.4. The maximum absolute atomic E-state index is 12.7. The van der Waals surface area contributed by atoms with Gasteiger partial charge in [-0.15, -0.1) is 0 Å². The molecule has 1 aliphatic rings. The Bertz CT molecular complexity index is 958. The van der Waals surface area contributed by atoms with Crippen molar-refractivity contribution < 1.29 is 22.8 Å². The van der Waals surface area contributed by atoms with Crippen LogP contribution in [0.25, 0.3) is 0 Å². The van der Waals surface area contributed by atoms with E-state index in [-0.39, 0.29) is 12.8 Å². The van der Waals surface area contributed by atoms with E-state index in [1.807, 2.05) is 0 Å². The molecule has 2 N–H and O–H groups in total. The van der Waals surface area contributed by atoms with Crippen molar-refractivity contribution in [2.75, 3.05) is 0 Å². The highest BCUT2D eigenvalue weighted by molar-refractivity contribution is 5.96. The van der Waals surface area contributed by atoms with E-state index in [0.717, 1.165) is 12.1 Å². The van der Waals surface area contributed by atoms with Crippen LogP contribution in [0.4, 0.5) is 13.2 Å². The maximum atomic E-state index is 12.7. The Labute approximate surface area is 165 Å². The Balaban J connectivity index is 1.64. The molecule has 1 fully saturated rings. The number of benzene rings is 2. The first kappa shape index (κ1) is 20.4. The second-order valence-corrected chi connectivity index (χ2v) is 7.10. The Hall–Kier alpha value is -3.34. The van der Waals surface area contributed by atoms with Crippen LogP contribution in [0.3, 0.4) is 0 Å². The fourth-order valence-corrected chi connectivity index (χ4v) is 2.95. The third-order valence-corrected chi connectivity index (χ3v) is 4.84. The molecule has 2 amide bonds. The van der Waals surface area contributed by atoms with Crippen LogP contribution in [0.2, 0.25) is 0 Å². The zero-order valence-corrected chi connectivity index (χ0v) is 15.3. The summed E-state index contributed by atoms with van der Waals surface area (Å²) in [5.74, 6) is -0.986. The first-order valence-corrected chi connectivity index (χ1v) is 8.97. The predicted molar refractivity (Wildman–Crippen MR) is 98.2 cm³/mol. The van der Waals surface area contributed by atoms with E-state index in [9.17, 15) is 22.8 Å². The normalized spacial score (nSPS) is 14.6. The summed E-state index contributed by atoms with van der Waals surface area (Å²) in [7, 11) is 0. The zero-order chi connectivity index (χ0) is 21.1. The predicted octanol–water partition coefficient (Wildman–Crippen LogP) is 3.75. The average molecular weight is 401 g/mol. The van der Waals surface area contributed by atoms with Crippen molar-refractivity contribution in [1.82, 2.24) is 10.9 Å². The molecule has 1 saturated carbocycles. The molecule has 150 valence electrons. The Morgan fingerprint density at radius 2 is 1.69 bits per heavy atom. The minimum absolute atomic E-state index is 0.0248. The molecule has 3 rings (SSSR count). The van der Waals surface area contributed by atoms with Gasteiger partial charge in [0.15, 0.2) is 0 Å². The van der Waals surface area contributed by atoms with Crippen molar-refractivity contribution in [3.8, 4) is 6.07 Å². The molecule has 0 radical (unpaired) electrons. The molecule has 2 aromatic rings. The van der Waals surface area contributed by atoms with Gasteiger partial charge in [0, 0.05) is 12.0 Å². The molecule has 0 saturated heterocycles. The molecule has 0 atom stereocenters. The van der Waals surface area contributed by atoms with Crippen molar-refractivity contribution in [3.63, 3.8) is 0 Å². The van der Waals surface area contributed by atoms with Crippen molar-refractivity contribution in [2.45, 2.75) is 31.9 Å². The fourth-order valence-electron chi connectivity index (χ4n) is 2.95. The number of nitrogens with one attached hydrogen (secondary N) is 2. The van der Waals surface area contributed by atoms with Crippen LogP contribution in [0.15, 0.2) is 48.5 Å². The largest absolute Gasteiger partial charge is 0.416 e. The van der Waals surface area contributed by atoms with Gasteiger partial charge in [0.25, 0.3) is 5.91 Å². The van der Waals surface area contributed by atoms with Gasteiger partial charge < -0.3 is 0 Å². The van der Waals surface area contributed by atoms with E-state index in [4.69, 9.17) is 5.26 Å². The molecule has 29 heavy (non-hydrogen) atoms. The molecule has 1 aliphatic carbocycles. The summed E-state index contributed by atoms with van der Waals surface area (Å²) in [6.45, 7) is 0. The lowest BCUT2D eigenvalue weighted by Crippen LogP contribution is -2.42. The maximum Gasteiger partial charge on any atom is 0.416 e. The average Bonchev–Trinajstić information content (AvgIpc) is 3.46. The van der Waals surface area contributed by atoms with Crippen molar-refractivity contribution in [1.29, 1.82) is 5.26 Å². The van der Waals surface area contributed by atoms with Crippen LogP contribution in [-0.4, -0.2) is 11.8 Å². The minimum Gasteiger partial charge on any atom is -0.273 e. The highest BCUT2D eigenvalue weighted by Gasteiger charge is 2.44. The molecule has 0 unspecified atom stereocenters. The zero-order valence-electron chi connectivity index (χ0n) is 15.3. The van der Waals surface area contributed by atoms with E-state index in [0.29, 0.717) is 29.5 Å². The summed E-state index contributed by atoms with van der Waals surface area (Å²) in [4.78, 5) is 24.4. The van der Waals surface area contributed by atoms with E-state index < -0.39 is 29.0 Å². The summed E-state index contributed by atoms with van der Waals surface area (Å²) >= 11 is 0. The summed E-state index contributed by atoms with van der Waals surface area (Å²) < 4.78 is 38.1. The second kappa shape index (κ2) is 7.95. The van der Waals surface area contributed by atoms with Gasteiger partial charge >= 0.3 is 6.18 Å². The summed E-state index contributed by atoms with van der Waals surface area (Å²) in [6.07, 6.45) is -2.79. The smallest absolute Gasteiger partial charge is 0.273 e. The van der Waals surface area contributed by atoms with Crippen LogP contribution in [0.1, 0.15) is 46.3 Å². The van der Waals surface area contributed by atoms with Crippen molar-refractivity contribution >= 4 is 11.8 Å². The SMILES string of the molecule is N#CC1(CC(=O)NNC(=O)c2ccccc2Cc2ccc(C(F)(F)F)cc2)CC1. The molecule has 0 heterocycles. The number of halogens is 3. The van der Waals surface area contributed by atoms with Gasteiger partial charge in [-0.3, -0.25) is 20.4 Å². The van der Waals surface area contributed by atoms with Crippen LogP contribution in [0.5, 0.6) is 0 Å². The van der Waals surface area contributed by atoms with E-state index in [1.54, 1.807) is 24.3 Å². The standard InChI is InChI=1S/C21H18F3N3O2/c22-21(23,24)16-7-5-14(6-8-16)11-15-3-1-2-4-17(15)19(29)27-26-18(28)12-20(13-25)9-10-20/h1-8H,9-12H2,(H,26,28)(H,27,29). The lowest BCUT2D eigenvalue weighted by Gasteiger charge is -2.12. The molecule has 0 aliphatic heterocycles. The Morgan fingerprint density at radius 1 is 1.03 bits per heavy atom. The van der Waals surface area contributed by atoms with Crippen LogP contribution < -0.4 is 10.9 Å². The number of hydrogen-bond donors (Lipinski definition) is 2. The fraction of sp³-hybridized carbons (Fsp3) is 0.286. The van der Waals surface area contributed by atoms with Gasteiger partial charge in [0.05, 0.1) is 17.0 Å². The van der Waals surface area contributed by atoms with Gasteiger partial charge in [-0.05, 0) is 48.6 Å². The van der Waals surface area contributed by atoms with Crippen molar-refractivity contribution in [3.05, 3.63) is 70.8 Å². The number of nitrogens with zero attached hydrogens (tertiary/aromatic N) is 1. The number of nitriles is 1. The third kappa shape index (κ3) is 5.13. The number of carbonyl (C=O) groups excluding carboxylic acids is 2. The van der Waals surface area contributed by atoms with E-state index in [1.165, 1.54) is 12.1 Å². The van der Waals surface area contributed by atoms with Crippen LogP contribution >= 0.6 is 0 Å². The quantitative estimate of drug-likeness (QED) is 0.749. The summed E-state index contributed by atoms with van der Waals surface area (Å²) in [5, 5.41) is 9.02. The molecule has 8 heteroatoms. The molecule has 5 nitrogen and oxygen atoms in total. The minimum atomic E-state index is -4.40. The topological polar surface area (TPSA) is 82.0 Å². The molecule has 0 spiro atoms. The molecule has 0 bridgehead atoms. The number of alkyl halides is 3. The number of rotatable bonds is 5. The first-order chi connectivity index (χ1) is 13.7. The molecular formula is C21H18F3N3O2. The highest BCUT2D eigenvalue weighted by Crippen LogP contribution is 2.47. The van der Waals surface area contributed by atoms with Gasteiger partial charge in [-0.1, -0.05) is 30.3 Å². The van der Waals surface area contributed by atoms with Gasteiger partial charge in [-0.2, -0.15) is 18.4 Å². The Morgan fingerprint density at radius 3 is 2.28 bits per heavy atom. The monoisotopic (exact) mass is 401 g/mol. The summed E-state index contributed by atoms with van der Waals surface area (Å²) in [5.41, 5.74) is 4.82. The van der Waals surface area contributed by atoms with E-state index in [2.05, 4.69) is 16.9 Å². The van der Waals surface area contributed by atoms with Crippen LogP contribution in [0, 0.1) is 16.7 Å². The van der Waals surface area contributed by atoms with Gasteiger partial charge in [-0.25, -0.2) is 0 Å². The summed E-state index contributed by atoms with van der Waals surface area (Å²) in [6, 6.07) is 13.5. The second-order valence-electron chi connectivity index (χ2n) is 7.10. The molecule has 0 aromatic heterocycles. The van der Waals surface area contributed by atoms with E-state index >= 15 is 0 Å². The lowest BCUT2D eigenvalue weighted by atomic mass is 9.98. The molecule has 2 aromatic carbocycles.